The van der Waals surface area contributed by atoms with E-state index in [9.17, 15) is 5.26 Å². The summed E-state index contributed by atoms with van der Waals surface area (Å²) < 4.78 is 2.08. The molecule has 114 valence electrons. The summed E-state index contributed by atoms with van der Waals surface area (Å²) in [7, 11) is 0. The van der Waals surface area contributed by atoms with Gasteiger partial charge in [-0.2, -0.15) is 10.4 Å². The molecule has 1 aliphatic heterocycles. The number of hydrogen-bond acceptors (Lipinski definition) is 4. The molecule has 0 aliphatic carbocycles. The average Bonchev–Trinajstić information content (AvgIpc) is 2.85. The molecule has 3 heterocycles. The first-order chi connectivity index (χ1) is 10.7. The van der Waals surface area contributed by atoms with Gasteiger partial charge in [0.15, 0.2) is 0 Å². The molecule has 1 atom stereocenters. The first-order valence-corrected chi connectivity index (χ1v) is 7.82. The predicted octanol–water partition coefficient (Wildman–Crippen LogP) is 2.83. The van der Waals surface area contributed by atoms with E-state index in [4.69, 9.17) is 0 Å². The number of piperidine rings is 1. The standard InChI is InChI=1S/C17H21N5/c1-13-10-14(2)22(20-13)12-16-7-3-4-9-21(16)17-15(11-18)6-5-8-19-17/h5-6,8,10,16H,3-4,7,9,12H2,1-2H3/t16-/m0/s1. The summed E-state index contributed by atoms with van der Waals surface area (Å²) in [5.74, 6) is 0.816. The smallest absolute Gasteiger partial charge is 0.146 e. The van der Waals surface area contributed by atoms with Gasteiger partial charge >= 0.3 is 0 Å². The van der Waals surface area contributed by atoms with Crippen LogP contribution in [0.4, 0.5) is 5.82 Å². The topological polar surface area (TPSA) is 57.7 Å². The molecule has 0 radical (unpaired) electrons. The monoisotopic (exact) mass is 295 g/mol. The van der Waals surface area contributed by atoms with Crippen molar-refractivity contribution in [1.29, 1.82) is 5.26 Å². The lowest BCUT2D eigenvalue weighted by molar-refractivity contribution is 0.392. The van der Waals surface area contributed by atoms with Crippen molar-refractivity contribution < 1.29 is 0 Å². The maximum absolute atomic E-state index is 9.34. The third-order valence-electron chi connectivity index (χ3n) is 4.29. The van der Waals surface area contributed by atoms with E-state index in [0.717, 1.165) is 37.4 Å². The van der Waals surface area contributed by atoms with E-state index >= 15 is 0 Å². The number of nitrogens with zero attached hydrogens (tertiary/aromatic N) is 5. The molecule has 2 aromatic rings. The molecule has 3 rings (SSSR count). The summed E-state index contributed by atoms with van der Waals surface area (Å²) in [6.07, 6.45) is 5.25. The summed E-state index contributed by atoms with van der Waals surface area (Å²) in [4.78, 5) is 6.76. The molecule has 0 saturated carbocycles. The van der Waals surface area contributed by atoms with Gasteiger partial charge in [-0.1, -0.05) is 0 Å². The van der Waals surface area contributed by atoms with Gasteiger partial charge in [0.2, 0.25) is 0 Å². The van der Waals surface area contributed by atoms with Crippen LogP contribution in [-0.4, -0.2) is 27.4 Å². The molecule has 5 heteroatoms. The summed E-state index contributed by atoms with van der Waals surface area (Å²) in [5.41, 5.74) is 2.89. The molecule has 5 nitrogen and oxygen atoms in total. The molecule has 1 fully saturated rings. The van der Waals surface area contributed by atoms with Crippen molar-refractivity contribution in [3.05, 3.63) is 41.3 Å². The Morgan fingerprint density at radius 1 is 1.36 bits per heavy atom. The van der Waals surface area contributed by atoms with Crippen LogP contribution in [0.3, 0.4) is 0 Å². The maximum Gasteiger partial charge on any atom is 0.146 e. The number of rotatable bonds is 3. The van der Waals surface area contributed by atoms with E-state index in [0.29, 0.717) is 11.6 Å². The van der Waals surface area contributed by atoms with Crippen LogP contribution in [0, 0.1) is 25.2 Å². The van der Waals surface area contributed by atoms with Crippen LogP contribution in [0.25, 0.3) is 0 Å². The molecule has 1 aliphatic rings. The highest BCUT2D eigenvalue weighted by atomic mass is 15.3. The highest BCUT2D eigenvalue weighted by molar-refractivity contribution is 5.54. The van der Waals surface area contributed by atoms with Crippen LogP contribution in [0.5, 0.6) is 0 Å². The fourth-order valence-corrected chi connectivity index (χ4v) is 3.24. The average molecular weight is 295 g/mol. The fraction of sp³-hybridized carbons (Fsp3) is 0.471. The maximum atomic E-state index is 9.34. The first-order valence-electron chi connectivity index (χ1n) is 7.82. The summed E-state index contributed by atoms with van der Waals surface area (Å²) in [6, 6.07) is 8.38. The van der Waals surface area contributed by atoms with Crippen molar-refractivity contribution in [2.45, 2.75) is 45.7 Å². The van der Waals surface area contributed by atoms with Crippen LogP contribution in [0.2, 0.25) is 0 Å². The molecule has 1 saturated heterocycles. The Bertz CT molecular complexity index is 697. The molecule has 0 bridgehead atoms. The molecule has 2 aromatic heterocycles. The largest absolute Gasteiger partial charge is 0.351 e. The van der Waals surface area contributed by atoms with Crippen molar-refractivity contribution in [1.82, 2.24) is 14.8 Å². The zero-order chi connectivity index (χ0) is 15.5. The van der Waals surface area contributed by atoms with E-state index in [1.807, 2.05) is 19.1 Å². The van der Waals surface area contributed by atoms with E-state index in [2.05, 4.69) is 38.7 Å². The molecule has 0 amide bonds. The van der Waals surface area contributed by atoms with E-state index in [1.165, 1.54) is 12.1 Å². The van der Waals surface area contributed by atoms with Crippen molar-refractivity contribution in [3.63, 3.8) is 0 Å². The number of hydrogen-bond donors (Lipinski definition) is 0. The molecule has 0 N–H and O–H groups in total. The highest BCUT2D eigenvalue weighted by Gasteiger charge is 2.26. The summed E-state index contributed by atoms with van der Waals surface area (Å²) >= 11 is 0. The molecular formula is C17H21N5. The second-order valence-electron chi connectivity index (χ2n) is 5.94. The lowest BCUT2D eigenvalue weighted by atomic mass is 10.0. The Kier molecular flexibility index (Phi) is 4.10. The third kappa shape index (κ3) is 2.82. The summed E-state index contributed by atoms with van der Waals surface area (Å²) in [6.45, 7) is 5.92. The van der Waals surface area contributed by atoms with Gasteiger partial charge in [-0.05, 0) is 51.3 Å². The lowest BCUT2D eigenvalue weighted by Gasteiger charge is -2.37. The number of anilines is 1. The van der Waals surface area contributed by atoms with Crippen molar-refractivity contribution in [2.75, 3.05) is 11.4 Å². The quantitative estimate of drug-likeness (QED) is 0.873. The van der Waals surface area contributed by atoms with Crippen LogP contribution in [-0.2, 0) is 6.54 Å². The van der Waals surface area contributed by atoms with Gasteiger partial charge in [-0.3, -0.25) is 4.68 Å². The normalized spacial score (nSPS) is 18.2. The molecule has 0 aromatic carbocycles. The fourth-order valence-electron chi connectivity index (χ4n) is 3.24. The van der Waals surface area contributed by atoms with Crippen molar-refractivity contribution in [3.8, 4) is 6.07 Å². The Morgan fingerprint density at radius 3 is 2.95 bits per heavy atom. The Balaban J connectivity index is 1.88. The number of aryl methyl sites for hydroxylation is 2. The minimum Gasteiger partial charge on any atom is -0.351 e. The molecular weight excluding hydrogens is 274 g/mol. The van der Waals surface area contributed by atoms with Gasteiger partial charge in [0, 0.05) is 18.4 Å². The summed E-state index contributed by atoms with van der Waals surface area (Å²) in [5, 5.41) is 13.9. The minimum atomic E-state index is 0.341. The van der Waals surface area contributed by atoms with Crippen LogP contribution in [0.1, 0.15) is 36.2 Å². The minimum absolute atomic E-state index is 0.341. The highest BCUT2D eigenvalue weighted by Crippen LogP contribution is 2.26. The van der Waals surface area contributed by atoms with Gasteiger partial charge in [0.1, 0.15) is 11.9 Å². The first kappa shape index (κ1) is 14.6. The van der Waals surface area contributed by atoms with Crippen molar-refractivity contribution >= 4 is 5.82 Å². The van der Waals surface area contributed by atoms with Crippen LogP contribution < -0.4 is 4.90 Å². The number of pyridine rings is 1. The Morgan fingerprint density at radius 2 is 2.23 bits per heavy atom. The zero-order valence-electron chi connectivity index (χ0n) is 13.2. The van der Waals surface area contributed by atoms with Gasteiger partial charge in [0.25, 0.3) is 0 Å². The van der Waals surface area contributed by atoms with Gasteiger partial charge in [-0.15, -0.1) is 0 Å². The number of nitriles is 1. The molecule has 0 unspecified atom stereocenters. The second-order valence-corrected chi connectivity index (χ2v) is 5.94. The van der Waals surface area contributed by atoms with E-state index in [-0.39, 0.29) is 0 Å². The zero-order valence-corrected chi connectivity index (χ0v) is 13.2. The number of aromatic nitrogens is 3. The van der Waals surface area contributed by atoms with Crippen LogP contribution >= 0.6 is 0 Å². The SMILES string of the molecule is Cc1cc(C)n(C[C@@H]2CCCCN2c2ncccc2C#N)n1. The lowest BCUT2D eigenvalue weighted by Crippen LogP contribution is -2.43. The third-order valence-corrected chi connectivity index (χ3v) is 4.29. The van der Waals surface area contributed by atoms with E-state index in [1.54, 1.807) is 6.20 Å². The van der Waals surface area contributed by atoms with Crippen LogP contribution in [0.15, 0.2) is 24.4 Å². The Labute approximate surface area is 131 Å². The van der Waals surface area contributed by atoms with E-state index < -0.39 is 0 Å². The van der Waals surface area contributed by atoms with Gasteiger partial charge < -0.3 is 4.90 Å². The Hall–Kier alpha value is -2.35. The second kappa shape index (κ2) is 6.18. The predicted molar refractivity (Wildman–Crippen MR) is 85.6 cm³/mol. The van der Waals surface area contributed by atoms with Gasteiger partial charge in [0.05, 0.1) is 23.8 Å². The molecule has 0 spiro atoms. The van der Waals surface area contributed by atoms with Crippen molar-refractivity contribution in [2.24, 2.45) is 0 Å². The van der Waals surface area contributed by atoms with Gasteiger partial charge in [-0.25, -0.2) is 4.98 Å². The molecule has 22 heavy (non-hydrogen) atoms.